The van der Waals surface area contributed by atoms with Crippen LogP contribution in [0.15, 0.2) is 214 Å². The third kappa shape index (κ3) is 19.3. The highest BCUT2D eigenvalue weighted by atomic mass is 16.5. The van der Waals surface area contributed by atoms with Gasteiger partial charge in [0.1, 0.15) is 0 Å². The SMILES string of the molecule is CNc1ccc(Nc2ccc(N=C3C=CC(=Nc4ccc(C)cc4)C=C3)cc2)cc1.Cc1ccc(N=C2C=CC(=Nc3ccc(Nc4ccc(NC(=O)CCCCCO)cc4)cc3)C=C2)cc1.O=C1CCCCCO1. The Labute approximate surface area is 441 Å². The fourth-order valence-electron chi connectivity index (χ4n) is 7.57. The summed E-state index contributed by atoms with van der Waals surface area (Å²) in [4.78, 5) is 41.1. The molecule has 1 heterocycles. The second-order valence-electron chi connectivity index (χ2n) is 18.0. The first-order chi connectivity index (χ1) is 36.6. The van der Waals surface area contributed by atoms with Crippen molar-refractivity contribution in [2.75, 3.05) is 41.5 Å². The summed E-state index contributed by atoms with van der Waals surface area (Å²) >= 11 is 0. The lowest BCUT2D eigenvalue weighted by Crippen LogP contribution is -2.11. The van der Waals surface area contributed by atoms with Crippen molar-refractivity contribution >= 4 is 91.6 Å². The van der Waals surface area contributed by atoms with Crippen molar-refractivity contribution in [2.24, 2.45) is 20.0 Å². The van der Waals surface area contributed by atoms with Crippen LogP contribution in [-0.2, 0) is 14.3 Å². The number of aliphatic imine (C=N–C) groups is 4. The van der Waals surface area contributed by atoms with E-state index in [4.69, 9.17) is 19.8 Å². The van der Waals surface area contributed by atoms with E-state index >= 15 is 0 Å². The molecule has 0 saturated carbocycles. The number of ether oxygens (including phenoxy) is 1. The zero-order valence-electron chi connectivity index (χ0n) is 43.0. The number of benzene rings is 6. The molecular formula is C63H66N8O4. The molecule has 0 atom stereocenters. The molecule has 3 aliphatic rings. The van der Waals surface area contributed by atoms with Crippen LogP contribution in [0.5, 0.6) is 0 Å². The third-order valence-corrected chi connectivity index (χ3v) is 11.8. The number of unbranched alkanes of at least 4 members (excludes halogenated alkanes) is 2. The van der Waals surface area contributed by atoms with Crippen molar-refractivity contribution in [3.63, 3.8) is 0 Å². The lowest BCUT2D eigenvalue weighted by molar-refractivity contribution is -0.142. The number of aliphatic hydroxyl groups is 1. The molecule has 12 heteroatoms. The second-order valence-corrected chi connectivity index (χ2v) is 18.0. The van der Waals surface area contributed by atoms with Crippen LogP contribution in [0.4, 0.5) is 56.9 Å². The van der Waals surface area contributed by atoms with Gasteiger partial charge in [0.25, 0.3) is 0 Å². The quantitative estimate of drug-likeness (QED) is 0.0389. The smallest absolute Gasteiger partial charge is 0.305 e. The highest BCUT2D eigenvalue weighted by Crippen LogP contribution is 2.25. The Balaban J connectivity index is 0.000000193. The third-order valence-electron chi connectivity index (χ3n) is 11.8. The number of hydrogen-bond donors (Lipinski definition) is 5. The maximum Gasteiger partial charge on any atom is 0.305 e. The van der Waals surface area contributed by atoms with E-state index in [1.165, 1.54) is 11.1 Å². The molecule has 2 aliphatic carbocycles. The molecule has 6 aromatic carbocycles. The summed E-state index contributed by atoms with van der Waals surface area (Å²) < 4.78 is 4.76. The van der Waals surface area contributed by atoms with E-state index < -0.39 is 0 Å². The van der Waals surface area contributed by atoms with Crippen molar-refractivity contribution in [1.82, 2.24) is 0 Å². The first-order valence-electron chi connectivity index (χ1n) is 25.5. The maximum absolute atomic E-state index is 12.0. The summed E-state index contributed by atoms with van der Waals surface area (Å²) in [6.45, 7) is 4.95. The number of carbonyl (C=O) groups excluding carboxylic acids is 2. The predicted octanol–water partition coefficient (Wildman–Crippen LogP) is 15.1. The lowest BCUT2D eigenvalue weighted by Gasteiger charge is -2.09. The number of hydrogen-bond acceptors (Lipinski definition) is 11. The van der Waals surface area contributed by atoms with Crippen LogP contribution in [0.25, 0.3) is 0 Å². The summed E-state index contributed by atoms with van der Waals surface area (Å²) in [5, 5.41) is 21.6. The van der Waals surface area contributed by atoms with Gasteiger partial charge in [-0.3, -0.25) is 9.59 Å². The molecule has 0 radical (unpaired) electrons. The van der Waals surface area contributed by atoms with E-state index in [9.17, 15) is 9.59 Å². The molecule has 12 nitrogen and oxygen atoms in total. The number of nitrogens with one attached hydrogen (secondary N) is 4. The second kappa shape index (κ2) is 29.1. The van der Waals surface area contributed by atoms with E-state index in [0.717, 1.165) is 118 Å². The van der Waals surface area contributed by atoms with Crippen LogP contribution in [0.2, 0.25) is 0 Å². The number of carbonyl (C=O) groups is 2. The first kappa shape index (κ1) is 54.0. The highest BCUT2D eigenvalue weighted by Gasteiger charge is 2.07. The highest BCUT2D eigenvalue weighted by molar-refractivity contribution is 6.20. The van der Waals surface area contributed by atoms with E-state index in [1.807, 2.05) is 177 Å². The summed E-state index contributed by atoms with van der Waals surface area (Å²) in [7, 11) is 1.91. The number of anilines is 6. The van der Waals surface area contributed by atoms with Gasteiger partial charge in [-0.25, -0.2) is 20.0 Å². The lowest BCUT2D eigenvalue weighted by atomic mass is 10.1. The monoisotopic (exact) mass is 999 g/mol. The van der Waals surface area contributed by atoms with Gasteiger partial charge in [-0.2, -0.15) is 0 Å². The van der Waals surface area contributed by atoms with E-state index in [1.54, 1.807) is 0 Å². The zero-order valence-corrected chi connectivity index (χ0v) is 43.0. The molecule has 75 heavy (non-hydrogen) atoms. The maximum atomic E-state index is 12.0. The number of aryl methyl sites for hydroxylation is 2. The normalized spacial score (nSPS) is 13.5. The minimum atomic E-state index is -0.0255. The van der Waals surface area contributed by atoms with Crippen LogP contribution in [0, 0.1) is 13.8 Å². The topological polar surface area (TPSA) is 161 Å². The molecule has 1 fully saturated rings. The van der Waals surface area contributed by atoms with Crippen LogP contribution in [0.3, 0.4) is 0 Å². The number of nitrogens with zero attached hydrogens (tertiary/aromatic N) is 4. The minimum Gasteiger partial charge on any atom is -0.466 e. The van der Waals surface area contributed by atoms with Gasteiger partial charge >= 0.3 is 5.97 Å². The van der Waals surface area contributed by atoms with E-state index in [2.05, 4.69) is 69.4 Å². The van der Waals surface area contributed by atoms with Gasteiger partial charge in [0.2, 0.25) is 5.91 Å². The van der Waals surface area contributed by atoms with Gasteiger partial charge in [0.05, 0.1) is 52.2 Å². The summed E-state index contributed by atoms with van der Waals surface area (Å²) in [5.74, 6) is -0.0317. The van der Waals surface area contributed by atoms with Gasteiger partial charge in [0, 0.05) is 60.6 Å². The average Bonchev–Trinajstić information content (AvgIpc) is 3.69. The Morgan fingerprint density at radius 3 is 1.21 bits per heavy atom. The summed E-state index contributed by atoms with van der Waals surface area (Å²) in [6.07, 6.45) is 22.5. The van der Waals surface area contributed by atoms with Crippen LogP contribution in [0.1, 0.15) is 62.5 Å². The van der Waals surface area contributed by atoms with Gasteiger partial charge in [0.15, 0.2) is 0 Å². The van der Waals surface area contributed by atoms with Crippen molar-refractivity contribution in [1.29, 1.82) is 0 Å². The molecule has 0 aromatic heterocycles. The molecule has 5 N–H and O–H groups in total. The Hall–Kier alpha value is -8.74. The first-order valence-corrected chi connectivity index (χ1v) is 25.5. The Morgan fingerprint density at radius 2 is 0.827 bits per heavy atom. The average molecular weight is 999 g/mol. The zero-order chi connectivity index (χ0) is 52.5. The summed E-state index contributed by atoms with van der Waals surface area (Å²) in [5.41, 5.74) is 15.5. The van der Waals surface area contributed by atoms with Gasteiger partial charge in [-0.1, -0.05) is 41.8 Å². The van der Waals surface area contributed by atoms with Crippen LogP contribution in [-0.4, -0.2) is 60.1 Å². The standard InChI is InChI=1S/C31H32N4O2.C26H24N4.C6H10O2/c1-23-6-8-24(9-7-23)32-25-10-12-26(13-11-25)33-27-14-16-28(17-15-27)34-29-18-20-30(21-19-29)35-31(37)5-3-2-4-22-36;1-19-3-5-21(6-4-19)28-23-11-13-25(14-12-23)30-26-17-15-24(16-18-26)29-22-9-7-20(27-2)8-10-22;7-6-4-2-1-3-5-8-6/h6-21,34,36H,2-5,22H2,1H3,(H,35,37);3-18,27,29H,1-2H3;1-5H2. The Bertz CT molecular complexity index is 3000. The molecule has 6 aromatic rings. The molecule has 0 spiro atoms. The summed E-state index contributed by atoms with van der Waals surface area (Å²) in [6, 6.07) is 48.1. The minimum absolute atomic E-state index is 0.00621. The Morgan fingerprint density at radius 1 is 0.467 bits per heavy atom. The van der Waals surface area contributed by atoms with Crippen LogP contribution < -0.4 is 21.3 Å². The predicted molar refractivity (Wildman–Crippen MR) is 313 cm³/mol. The Kier molecular flexibility index (Phi) is 21.0. The van der Waals surface area contributed by atoms with E-state index in [-0.39, 0.29) is 18.5 Å². The number of cyclic esters (lactones) is 1. The van der Waals surface area contributed by atoms with Crippen molar-refractivity contribution in [3.05, 3.63) is 205 Å². The number of esters is 1. The van der Waals surface area contributed by atoms with Gasteiger partial charge < -0.3 is 31.1 Å². The van der Waals surface area contributed by atoms with E-state index in [0.29, 0.717) is 19.4 Å². The fourth-order valence-corrected chi connectivity index (χ4v) is 7.57. The van der Waals surface area contributed by atoms with Gasteiger partial charge in [-0.15, -0.1) is 0 Å². The molecule has 1 aliphatic heterocycles. The molecule has 0 bridgehead atoms. The number of allylic oxidation sites excluding steroid dienone is 8. The molecule has 9 rings (SSSR count). The molecular weight excluding hydrogens is 933 g/mol. The number of amides is 1. The van der Waals surface area contributed by atoms with Crippen molar-refractivity contribution < 1.29 is 19.4 Å². The van der Waals surface area contributed by atoms with Crippen molar-refractivity contribution in [2.45, 2.75) is 65.2 Å². The fraction of sp³-hybridized carbons (Fsp3) is 0.206. The molecule has 0 unspecified atom stereocenters. The largest absolute Gasteiger partial charge is 0.466 e. The van der Waals surface area contributed by atoms with Crippen LogP contribution >= 0.6 is 0 Å². The van der Waals surface area contributed by atoms with Gasteiger partial charge in [-0.05, 0) is 216 Å². The number of aliphatic hydroxyl groups excluding tert-OH is 1. The molecule has 382 valence electrons. The molecule has 1 amide bonds. The number of rotatable bonds is 15. The molecule has 1 saturated heterocycles. The van der Waals surface area contributed by atoms with Crippen molar-refractivity contribution in [3.8, 4) is 0 Å².